The zero-order valence-electron chi connectivity index (χ0n) is 19.8. The smallest absolute Gasteiger partial charge is 0.256 e. The monoisotopic (exact) mass is 461 g/mol. The van der Waals surface area contributed by atoms with Crippen LogP contribution in [-0.2, 0) is 0 Å². The number of nitrogens with one attached hydrogen (secondary N) is 2. The molecule has 0 radical (unpaired) electrons. The van der Waals surface area contributed by atoms with E-state index in [0.29, 0.717) is 17.0 Å². The quantitative estimate of drug-likeness (QED) is 0.603. The molecule has 0 atom stereocenters. The van der Waals surface area contributed by atoms with Crippen LogP contribution in [0, 0.1) is 0 Å². The van der Waals surface area contributed by atoms with Crippen molar-refractivity contribution in [1.82, 2.24) is 24.8 Å². The third-order valence-electron chi connectivity index (χ3n) is 6.95. The van der Waals surface area contributed by atoms with Crippen molar-refractivity contribution in [3.8, 4) is 0 Å². The first-order chi connectivity index (χ1) is 16.5. The molecule has 2 fully saturated rings. The lowest BCUT2D eigenvalue weighted by Gasteiger charge is -2.34. The van der Waals surface area contributed by atoms with E-state index in [1.165, 1.54) is 18.9 Å². The summed E-state index contributed by atoms with van der Waals surface area (Å²) in [5.41, 5.74) is 2.44. The maximum absolute atomic E-state index is 13.0. The second-order valence-electron chi connectivity index (χ2n) is 9.19. The van der Waals surface area contributed by atoms with Gasteiger partial charge in [-0.2, -0.15) is 4.98 Å². The average Bonchev–Trinajstić information content (AvgIpc) is 3.40. The summed E-state index contributed by atoms with van der Waals surface area (Å²) in [7, 11) is 3.68. The summed E-state index contributed by atoms with van der Waals surface area (Å²) in [5.74, 6) is 0.0416. The molecule has 178 valence electrons. The number of pyridine rings is 1. The molecular formula is C25H31N7O2. The first kappa shape index (κ1) is 22.3. The molecule has 1 amide bonds. The second-order valence-corrected chi connectivity index (χ2v) is 9.19. The molecule has 2 aromatic heterocycles. The number of anilines is 3. The summed E-state index contributed by atoms with van der Waals surface area (Å²) in [6, 6.07) is 8.49. The van der Waals surface area contributed by atoms with E-state index in [4.69, 9.17) is 4.98 Å². The van der Waals surface area contributed by atoms with Gasteiger partial charge >= 0.3 is 0 Å². The lowest BCUT2D eigenvalue weighted by molar-refractivity contribution is 0.0961. The van der Waals surface area contributed by atoms with Crippen LogP contribution < -0.4 is 21.0 Å². The van der Waals surface area contributed by atoms with Gasteiger partial charge in [0, 0.05) is 63.0 Å². The number of rotatable bonds is 5. The number of carbonyl (C=O) groups is 1. The van der Waals surface area contributed by atoms with Crippen molar-refractivity contribution in [1.29, 1.82) is 0 Å². The van der Waals surface area contributed by atoms with Gasteiger partial charge in [0.05, 0.1) is 5.39 Å². The molecule has 3 aromatic rings. The highest BCUT2D eigenvalue weighted by molar-refractivity contribution is 5.96. The minimum Gasteiger partial charge on any atom is -0.369 e. The Morgan fingerprint density at radius 3 is 2.44 bits per heavy atom. The number of aromatic nitrogens is 3. The fourth-order valence-corrected chi connectivity index (χ4v) is 4.90. The van der Waals surface area contributed by atoms with Crippen LogP contribution in [0.15, 0.2) is 41.5 Å². The molecular weight excluding hydrogens is 430 g/mol. The number of benzene rings is 1. The second kappa shape index (κ2) is 9.42. The molecule has 9 heteroatoms. The fraction of sp³-hybridized carbons (Fsp3) is 0.440. The number of likely N-dealkylation sites (N-methyl/N-ethyl adjacent to an activating group) is 1. The van der Waals surface area contributed by atoms with Crippen LogP contribution in [-0.4, -0.2) is 65.6 Å². The summed E-state index contributed by atoms with van der Waals surface area (Å²) >= 11 is 0. The molecule has 0 spiro atoms. The van der Waals surface area contributed by atoms with Gasteiger partial charge in [-0.3, -0.25) is 9.59 Å². The minimum absolute atomic E-state index is 0.130. The van der Waals surface area contributed by atoms with Crippen molar-refractivity contribution >= 4 is 34.3 Å². The third kappa shape index (κ3) is 4.35. The van der Waals surface area contributed by atoms with Crippen LogP contribution in [0.3, 0.4) is 0 Å². The van der Waals surface area contributed by atoms with Crippen molar-refractivity contribution in [2.45, 2.75) is 31.7 Å². The molecule has 5 rings (SSSR count). The average molecular weight is 462 g/mol. The standard InChI is InChI=1S/C25H31N7O2/c1-26-24(34)21-16-32(19-5-3-4-6-19)23-20(22(21)33)15-27-25(29-23)28-17-7-9-18(10-8-17)31-13-11-30(2)12-14-31/h7-10,15-16,19H,3-6,11-14H2,1-2H3,(H,26,34)(H,27,28,29). The lowest BCUT2D eigenvalue weighted by atomic mass is 10.1. The number of piperazine rings is 1. The molecule has 2 aliphatic rings. The van der Waals surface area contributed by atoms with Crippen LogP contribution in [0.25, 0.3) is 11.0 Å². The van der Waals surface area contributed by atoms with E-state index >= 15 is 0 Å². The van der Waals surface area contributed by atoms with Crippen molar-refractivity contribution < 1.29 is 4.79 Å². The SMILES string of the molecule is CNC(=O)c1cn(C2CCCC2)c2nc(Nc3ccc(N4CCN(C)CC4)cc3)ncc2c1=O. The van der Waals surface area contributed by atoms with E-state index < -0.39 is 0 Å². The van der Waals surface area contributed by atoms with E-state index in [1.54, 1.807) is 6.20 Å². The van der Waals surface area contributed by atoms with E-state index in [2.05, 4.69) is 44.6 Å². The zero-order chi connectivity index (χ0) is 23.7. The number of nitrogens with zero attached hydrogens (tertiary/aromatic N) is 5. The Morgan fingerprint density at radius 1 is 1.06 bits per heavy atom. The molecule has 0 bridgehead atoms. The Labute approximate surface area is 198 Å². The molecule has 1 saturated heterocycles. The minimum atomic E-state index is -0.388. The Balaban J connectivity index is 1.45. The van der Waals surface area contributed by atoms with Gasteiger partial charge < -0.3 is 25.0 Å². The Bertz CT molecular complexity index is 1240. The maximum atomic E-state index is 13.0. The predicted molar refractivity (Wildman–Crippen MR) is 134 cm³/mol. The first-order valence-corrected chi connectivity index (χ1v) is 12.0. The third-order valence-corrected chi connectivity index (χ3v) is 6.95. The van der Waals surface area contributed by atoms with Crippen LogP contribution in [0.2, 0.25) is 0 Å². The predicted octanol–water partition coefficient (Wildman–Crippen LogP) is 2.76. The van der Waals surface area contributed by atoms with Gasteiger partial charge in [0.15, 0.2) is 0 Å². The number of fused-ring (bicyclic) bond motifs is 1. The van der Waals surface area contributed by atoms with Crippen LogP contribution >= 0.6 is 0 Å². The highest BCUT2D eigenvalue weighted by atomic mass is 16.2. The van der Waals surface area contributed by atoms with E-state index in [9.17, 15) is 9.59 Å². The Morgan fingerprint density at radius 2 is 1.76 bits per heavy atom. The molecule has 1 aliphatic carbocycles. The van der Waals surface area contributed by atoms with Crippen molar-refractivity contribution in [2.75, 3.05) is 50.5 Å². The van der Waals surface area contributed by atoms with Crippen molar-refractivity contribution in [3.05, 3.63) is 52.4 Å². The molecule has 1 aliphatic heterocycles. The van der Waals surface area contributed by atoms with E-state index in [1.807, 2.05) is 16.7 Å². The molecule has 2 N–H and O–H groups in total. The van der Waals surface area contributed by atoms with Crippen LogP contribution in [0.5, 0.6) is 0 Å². The summed E-state index contributed by atoms with van der Waals surface area (Å²) in [6.07, 6.45) is 7.47. The van der Waals surface area contributed by atoms with Gasteiger partial charge in [-0.25, -0.2) is 4.98 Å². The van der Waals surface area contributed by atoms with Gasteiger partial charge in [0.25, 0.3) is 5.91 Å². The van der Waals surface area contributed by atoms with Gasteiger partial charge in [-0.1, -0.05) is 12.8 Å². The van der Waals surface area contributed by atoms with Crippen molar-refractivity contribution in [2.24, 2.45) is 0 Å². The lowest BCUT2D eigenvalue weighted by Crippen LogP contribution is -2.44. The first-order valence-electron chi connectivity index (χ1n) is 12.0. The number of carbonyl (C=O) groups excluding carboxylic acids is 1. The van der Waals surface area contributed by atoms with Gasteiger partial charge in [-0.05, 0) is 44.2 Å². The summed E-state index contributed by atoms with van der Waals surface area (Å²) in [6.45, 7) is 4.17. The Kier molecular flexibility index (Phi) is 6.19. The topological polar surface area (TPSA) is 95.4 Å². The summed E-state index contributed by atoms with van der Waals surface area (Å²) < 4.78 is 2.00. The number of amides is 1. The van der Waals surface area contributed by atoms with Crippen LogP contribution in [0.4, 0.5) is 17.3 Å². The fourth-order valence-electron chi connectivity index (χ4n) is 4.90. The van der Waals surface area contributed by atoms with Crippen LogP contribution in [0.1, 0.15) is 42.1 Å². The Hall–Kier alpha value is -3.46. The number of hydrogen-bond donors (Lipinski definition) is 2. The molecule has 1 saturated carbocycles. The summed E-state index contributed by atoms with van der Waals surface area (Å²) in [4.78, 5) is 39.2. The molecule has 0 unspecified atom stereocenters. The highest BCUT2D eigenvalue weighted by Gasteiger charge is 2.23. The molecule has 9 nitrogen and oxygen atoms in total. The van der Waals surface area contributed by atoms with Crippen molar-refractivity contribution in [3.63, 3.8) is 0 Å². The summed E-state index contributed by atoms with van der Waals surface area (Å²) in [5, 5.41) is 6.21. The number of hydrogen-bond acceptors (Lipinski definition) is 7. The van der Waals surface area contributed by atoms with E-state index in [-0.39, 0.29) is 22.9 Å². The highest BCUT2D eigenvalue weighted by Crippen LogP contribution is 2.31. The zero-order valence-corrected chi connectivity index (χ0v) is 19.8. The molecule has 34 heavy (non-hydrogen) atoms. The van der Waals surface area contributed by atoms with Gasteiger partial charge in [0.1, 0.15) is 11.2 Å². The van der Waals surface area contributed by atoms with Gasteiger partial charge in [0.2, 0.25) is 11.4 Å². The van der Waals surface area contributed by atoms with Gasteiger partial charge in [-0.15, -0.1) is 0 Å². The normalized spacial score (nSPS) is 17.3. The molecule has 1 aromatic carbocycles. The largest absolute Gasteiger partial charge is 0.369 e. The van der Waals surface area contributed by atoms with E-state index in [0.717, 1.165) is 57.5 Å². The molecule has 3 heterocycles. The maximum Gasteiger partial charge on any atom is 0.256 e.